The number of rotatable bonds is 8. The van der Waals surface area contributed by atoms with Gasteiger partial charge in [0.2, 0.25) is 5.91 Å². The second-order valence-corrected chi connectivity index (χ2v) is 6.32. The van der Waals surface area contributed by atoms with Crippen molar-refractivity contribution in [3.05, 3.63) is 29.8 Å². The maximum atomic E-state index is 12.0. The number of nitrogens with zero attached hydrogens (tertiary/aromatic N) is 2. The van der Waals surface area contributed by atoms with E-state index in [9.17, 15) is 4.79 Å². The van der Waals surface area contributed by atoms with Crippen molar-refractivity contribution < 1.29 is 4.79 Å². The van der Waals surface area contributed by atoms with Crippen LogP contribution in [0.2, 0.25) is 0 Å². The first-order chi connectivity index (χ1) is 10.6. The molecule has 0 saturated heterocycles. The lowest BCUT2D eigenvalue weighted by atomic mass is 10.1. The molecule has 1 aliphatic carbocycles. The van der Waals surface area contributed by atoms with E-state index in [1.165, 1.54) is 25.7 Å². The molecule has 1 aromatic carbocycles. The third-order valence-electron chi connectivity index (χ3n) is 4.24. The predicted molar refractivity (Wildman–Crippen MR) is 92.2 cm³/mol. The lowest BCUT2D eigenvalue weighted by molar-refractivity contribution is -0.122. The van der Waals surface area contributed by atoms with Gasteiger partial charge in [0.15, 0.2) is 0 Å². The summed E-state index contributed by atoms with van der Waals surface area (Å²) >= 11 is 0. The van der Waals surface area contributed by atoms with Crippen LogP contribution >= 0.6 is 0 Å². The van der Waals surface area contributed by atoms with Crippen LogP contribution in [0.3, 0.4) is 0 Å². The Bertz CT molecular complexity index is 508. The van der Waals surface area contributed by atoms with E-state index >= 15 is 0 Å². The zero-order valence-corrected chi connectivity index (χ0v) is 13.9. The molecule has 1 N–H and O–H groups in total. The van der Waals surface area contributed by atoms with Crippen LogP contribution in [0, 0.1) is 11.8 Å². The SMILES string of the molecule is CCCCCC1CC1C(=O)N/N=C\c1ccc(N(C)C)cc1. The van der Waals surface area contributed by atoms with Crippen molar-refractivity contribution >= 4 is 17.8 Å². The lowest BCUT2D eigenvalue weighted by Gasteiger charge is -2.11. The van der Waals surface area contributed by atoms with Gasteiger partial charge < -0.3 is 4.90 Å². The number of hydrogen-bond donors (Lipinski definition) is 1. The van der Waals surface area contributed by atoms with Gasteiger partial charge in [0.05, 0.1) is 6.21 Å². The number of hydrazone groups is 1. The van der Waals surface area contributed by atoms with E-state index in [4.69, 9.17) is 0 Å². The highest BCUT2D eigenvalue weighted by Crippen LogP contribution is 2.42. The normalized spacial score (nSPS) is 20.1. The Hall–Kier alpha value is -1.84. The zero-order valence-electron chi connectivity index (χ0n) is 13.9. The van der Waals surface area contributed by atoms with Crippen LogP contribution in [0.4, 0.5) is 5.69 Å². The number of hydrogen-bond acceptors (Lipinski definition) is 3. The van der Waals surface area contributed by atoms with E-state index < -0.39 is 0 Å². The minimum atomic E-state index is 0.0719. The van der Waals surface area contributed by atoms with Crippen LogP contribution in [-0.4, -0.2) is 26.2 Å². The smallest absolute Gasteiger partial charge is 0.243 e. The second-order valence-electron chi connectivity index (χ2n) is 6.32. The topological polar surface area (TPSA) is 44.7 Å². The monoisotopic (exact) mass is 301 g/mol. The highest BCUT2D eigenvalue weighted by Gasteiger charge is 2.41. The highest BCUT2D eigenvalue weighted by atomic mass is 16.2. The number of nitrogens with one attached hydrogen (secondary N) is 1. The Labute approximate surface area is 133 Å². The van der Waals surface area contributed by atoms with E-state index in [2.05, 4.69) is 22.4 Å². The molecule has 2 atom stereocenters. The Balaban J connectivity index is 1.72. The molecule has 0 aromatic heterocycles. The number of amides is 1. The molecular formula is C18H27N3O. The molecule has 120 valence electrons. The number of carbonyl (C=O) groups excluding carboxylic acids is 1. The average Bonchev–Trinajstić information content (AvgIpc) is 3.27. The van der Waals surface area contributed by atoms with Crippen LogP contribution in [0.25, 0.3) is 0 Å². The molecule has 1 aromatic rings. The number of carbonyl (C=O) groups is 1. The fourth-order valence-electron chi connectivity index (χ4n) is 2.66. The van der Waals surface area contributed by atoms with Crippen LogP contribution in [0.5, 0.6) is 0 Å². The Morgan fingerprint density at radius 1 is 1.32 bits per heavy atom. The van der Waals surface area contributed by atoms with Gasteiger partial charge in [-0.3, -0.25) is 4.79 Å². The van der Waals surface area contributed by atoms with Crippen LogP contribution in [0.15, 0.2) is 29.4 Å². The van der Waals surface area contributed by atoms with Gasteiger partial charge in [-0.2, -0.15) is 5.10 Å². The molecule has 0 bridgehead atoms. The van der Waals surface area contributed by atoms with Crippen molar-refractivity contribution in [2.75, 3.05) is 19.0 Å². The Morgan fingerprint density at radius 3 is 2.68 bits per heavy atom. The molecule has 2 unspecified atom stereocenters. The third-order valence-corrected chi connectivity index (χ3v) is 4.24. The summed E-state index contributed by atoms with van der Waals surface area (Å²) in [7, 11) is 4.02. The van der Waals surface area contributed by atoms with E-state index in [1.54, 1.807) is 6.21 Å². The maximum absolute atomic E-state index is 12.0. The molecule has 0 radical (unpaired) electrons. The van der Waals surface area contributed by atoms with Crippen molar-refractivity contribution in [1.82, 2.24) is 5.43 Å². The molecule has 4 nitrogen and oxygen atoms in total. The van der Waals surface area contributed by atoms with Gasteiger partial charge in [-0.05, 0) is 36.5 Å². The zero-order chi connectivity index (χ0) is 15.9. The molecule has 1 amide bonds. The largest absolute Gasteiger partial charge is 0.378 e. The van der Waals surface area contributed by atoms with Gasteiger partial charge in [0.1, 0.15) is 0 Å². The summed E-state index contributed by atoms with van der Waals surface area (Å²) in [5, 5.41) is 4.07. The van der Waals surface area contributed by atoms with Gasteiger partial charge in [0, 0.05) is 25.7 Å². The summed E-state index contributed by atoms with van der Waals surface area (Å²) in [4.78, 5) is 14.0. The molecule has 0 heterocycles. The summed E-state index contributed by atoms with van der Waals surface area (Å²) in [6, 6.07) is 8.06. The van der Waals surface area contributed by atoms with E-state index in [0.717, 1.165) is 17.7 Å². The summed E-state index contributed by atoms with van der Waals surface area (Å²) in [5.74, 6) is 0.842. The van der Waals surface area contributed by atoms with Gasteiger partial charge in [-0.15, -0.1) is 0 Å². The molecular weight excluding hydrogens is 274 g/mol. The molecule has 2 rings (SSSR count). The second kappa shape index (κ2) is 7.97. The van der Waals surface area contributed by atoms with E-state index in [0.29, 0.717) is 5.92 Å². The Morgan fingerprint density at radius 2 is 2.05 bits per heavy atom. The summed E-state index contributed by atoms with van der Waals surface area (Å²) in [5.41, 5.74) is 4.81. The highest BCUT2D eigenvalue weighted by molar-refractivity contribution is 5.85. The summed E-state index contributed by atoms with van der Waals surface area (Å²) in [6.07, 6.45) is 7.66. The third kappa shape index (κ3) is 4.86. The van der Waals surface area contributed by atoms with E-state index in [-0.39, 0.29) is 11.8 Å². The number of unbranched alkanes of at least 4 members (excludes halogenated alkanes) is 2. The molecule has 1 fully saturated rings. The molecule has 0 aliphatic heterocycles. The summed E-state index contributed by atoms with van der Waals surface area (Å²) in [6.45, 7) is 2.21. The van der Waals surface area contributed by atoms with Crippen molar-refractivity contribution in [2.24, 2.45) is 16.9 Å². The first-order valence-electron chi connectivity index (χ1n) is 8.22. The average molecular weight is 301 g/mol. The quantitative estimate of drug-likeness (QED) is 0.454. The first kappa shape index (κ1) is 16.5. The van der Waals surface area contributed by atoms with Gasteiger partial charge in [-0.25, -0.2) is 5.43 Å². The van der Waals surface area contributed by atoms with Gasteiger partial charge in [0.25, 0.3) is 0 Å². The van der Waals surface area contributed by atoms with Gasteiger partial charge >= 0.3 is 0 Å². The minimum absolute atomic E-state index is 0.0719. The molecule has 0 spiro atoms. The first-order valence-corrected chi connectivity index (χ1v) is 8.22. The van der Waals surface area contributed by atoms with Crippen LogP contribution in [-0.2, 0) is 4.79 Å². The van der Waals surface area contributed by atoms with Gasteiger partial charge in [-0.1, -0.05) is 38.3 Å². The minimum Gasteiger partial charge on any atom is -0.378 e. The van der Waals surface area contributed by atoms with Crippen molar-refractivity contribution in [3.63, 3.8) is 0 Å². The lowest BCUT2D eigenvalue weighted by Crippen LogP contribution is -2.20. The van der Waals surface area contributed by atoms with Crippen molar-refractivity contribution in [3.8, 4) is 0 Å². The standard InChI is InChI=1S/C18H27N3O/c1-4-5-6-7-15-12-17(15)18(22)20-19-13-14-8-10-16(11-9-14)21(2)3/h8-11,13,15,17H,4-7,12H2,1-3H3,(H,20,22)/b19-13-. The van der Waals surface area contributed by atoms with Crippen LogP contribution < -0.4 is 10.3 Å². The number of benzene rings is 1. The fourth-order valence-corrected chi connectivity index (χ4v) is 2.66. The molecule has 1 aliphatic rings. The predicted octanol–water partition coefficient (Wildman–Crippen LogP) is 3.42. The molecule has 1 saturated carbocycles. The summed E-state index contributed by atoms with van der Waals surface area (Å²) < 4.78 is 0. The van der Waals surface area contributed by atoms with Crippen LogP contribution in [0.1, 0.15) is 44.6 Å². The number of anilines is 1. The molecule has 22 heavy (non-hydrogen) atoms. The maximum Gasteiger partial charge on any atom is 0.243 e. The molecule has 4 heteroatoms. The Kier molecular flexibility index (Phi) is 5.99. The van der Waals surface area contributed by atoms with Crippen molar-refractivity contribution in [1.29, 1.82) is 0 Å². The fraction of sp³-hybridized carbons (Fsp3) is 0.556. The van der Waals surface area contributed by atoms with E-state index in [1.807, 2.05) is 38.4 Å². The van der Waals surface area contributed by atoms with Crippen molar-refractivity contribution in [2.45, 2.75) is 39.0 Å².